The lowest BCUT2D eigenvalue weighted by Gasteiger charge is -2.10. The number of H-pyrrole nitrogens is 1. The molecule has 0 amide bonds. The van der Waals surface area contributed by atoms with Gasteiger partial charge < -0.3 is 9.47 Å². The highest BCUT2D eigenvalue weighted by Crippen LogP contribution is 2.37. The first-order valence-corrected chi connectivity index (χ1v) is 6.75. The van der Waals surface area contributed by atoms with E-state index in [0.717, 1.165) is 6.20 Å². The van der Waals surface area contributed by atoms with Crippen LogP contribution in [0.5, 0.6) is 11.5 Å². The fourth-order valence-corrected chi connectivity index (χ4v) is 1.79. The van der Waals surface area contributed by atoms with Gasteiger partial charge in [-0.15, -0.1) is 10.2 Å². The highest BCUT2D eigenvalue weighted by Gasteiger charge is 2.21. The van der Waals surface area contributed by atoms with Gasteiger partial charge in [-0.05, 0) is 13.0 Å². The Morgan fingerprint density at radius 1 is 1.50 bits per heavy atom. The summed E-state index contributed by atoms with van der Waals surface area (Å²) in [5, 5.41) is 22.1. The van der Waals surface area contributed by atoms with Crippen LogP contribution in [0.1, 0.15) is 12.5 Å². The molecule has 0 radical (unpaired) electrons. The first-order chi connectivity index (χ1) is 11.5. The molecule has 24 heavy (non-hydrogen) atoms. The lowest BCUT2D eigenvalue weighted by atomic mass is 10.2. The molecule has 2 aromatic rings. The Balaban J connectivity index is 2.29. The van der Waals surface area contributed by atoms with E-state index in [1.165, 1.54) is 25.5 Å². The normalized spacial score (nSPS) is 10.6. The van der Waals surface area contributed by atoms with E-state index in [0.29, 0.717) is 5.56 Å². The number of hydrazone groups is 1. The lowest BCUT2D eigenvalue weighted by Crippen LogP contribution is -2.10. The van der Waals surface area contributed by atoms with Crippen LogP contribution in [0.4, 0.5) is 11.6 Å². The van der Waals surface area contributed by atoms with E-state index in [4.69, 9.17) is 9.47 Å². The second-order valence-electron chi connectivity index (χ2n) is 4.31. The number of ether oxygens (including phenoxy) is 2. The van der Waals surface area contributed by atoms with Crippen LogP contribution in [-0.4, -0.2) is 40.0 Å². The minimum atomic E-state index is -0.571. The standard InChI is InChI=1S/C13H14N6O5/c1-3-24-12-9(19(21)22)4-8(5-10(12)23-2)6-14-17-13-16-11(20)7-15-18-13/h4-7H,3H2,1-2H3,(H2,16,17,18,20)/b14-6+. The van der Waals surface area contributed by atoms with Crippen LogP contribution in [0.3, 0.4) is 0 Å². The molecule has 0 saturated carbocycles. The van der Waals surface area contributed by atoms with Gasteiger partial charge in [-0.1, -0.05) is 0 Å². The summed E-state index contributed by atoms with van der Waals surface area (Å²) in [5.74, 6) is 0.292. The molecule has 0 aliphatic rings. The maximum Gasteiger partial charge on any atom is 0.315 e. The SMILES string of the molecule is CCOc1c(OC)cc(/C=N/Nc2nncc(=O)[nH]2)cc1[N+](=O)[O-]. The molecule has 2 N–H and O–H groups in total. The van der Waals surface area contributed by atoms with E-state index in [2.05, 4.69) is 25.7 Å². The largest absolute Gasteiger partial charge is 0.493 e. The quantitative estimate of drug-likeness (QED) is 0.432. The molecule has 0 spiro atoms. The number of nitro benzene ring substituents is 1. The van der Waals surface area contributed by atoms with Crippen molar-refractivity contribution in [3.8, 4) is 11.5 Å². The summed E-state index contributed by atoms with van der Waals surface area (Å²) in [6.07, 6.45) is 2.31. The zero-order valence-electron chi connectivity index (χ0n) is 12.8. The number of hydrogen-bond acceptors (Lipinski definition) is 9. The second kappa shape index (κ2) is 7.67. The number of rotatable bonds is 7. The third-order valence-electron chi connectivity index (χ3n) is 2.72. The molecule has 1 heterocycles. The van der Waals surface area contributed by atoms with Crippen molar-refractivity contribution in [2.24, 2.45) is 5.10 Å². The monoisotopic (exact) mass is 334 g/mol. The lowest BCUT2D eigenvalue weighted by molar-refractivity contribution is -0.385. The van der Waals surface area contributed by atoms with Gasteiger partial charge >= 0.3 is 5.69 Å². The van der Waals surface area contributed by atoms with E-state index in [1.807, 2.05) is 0 Å². The van der Waals surface area contributed by atoms with E-state index >= 15 is 0 Å². The van der Waals surface area contributed by atoms with Crippen molar-refractivity contribution in [1.29, 1.82) is 0 Å². The number of aromatic amines is 1. The molecular weight excluding hydrogens is 320 g/mol. The molecule has 0 atom stereocenters. The van der Waals surface area contributed by atoms with Gasteiger partial charge in [-0.3, -0.25) is 19.9 Å². The molecule has 11 heteroatoms. The number of methoxy groups -OCH3 is 1. The summed E-state index contributed by atoms with van der Waals surface area (Å²) in [5.41, 5.74) is 2.16. The van der Waals surface area contributed by atoms with Crippen molar-refractivity contribution in [1.82, 2.24) is 15.2 Å². The van der Waals surface area contributed by atoms with Gasteiger partial charge in [0.2, 0.25) is 11.7 Å². The maximum atomic E-state index is 11.2. The van der Waals surface area contributed by atoms with E-state index in [1.54, 1.807) is 6.92 Å². The average Bonchev–Trinajstić information content (AvgIpc) is 2.55. The molecule has 11 nitrogen and oxygen atoms in total. The third kappa shape index (κ3) is 4.03. The van der Waals surface area contributed by atoms with Gasteiger partial charge in [0, 0.05) is 11.6 Å². The van der Waals surface area contributed by atoms with Crippen molar-refractivity contribution in [3.05, 3.63) is 44.4 Å². The summed E-state index contributed by atoms with van der Waals surface area (Å²) >= 11 is 0. The molecule has 0 aliphatic heterocycles. The van der Waals surface area contributed by atoms with Crippen LogP contribution in [0.25, 0.3) is 0 Å². The summed E-state index contributed by atoms with van der Waals surface area (Å²) in [7, 11) is 1.38. The molecule has 0 fully saturated rings. The first kappa shape index (κ1) is 16.9. The molecule has 0 unspecified atom stereocenters. The number of nitrogens with one attached hydrogen (secondary N) is 2. The second-order valence-corrected chi connectivity index (χ2v) is 4.31. The Morgan fingerprint density at radius 2 is 2.29 bits per heavy atom. The van der Waals surface area contributed by atoms with Gasteiger partial charge in [-0.25, -0.2) is 5.43 Å². The predicted molar refractivity (Wildman–Crippen MR) is 84.7 cm³/mol. The highest BCUT2D eigenvalue weighted by atomic mass is 16.6. The Labute approximate surface area is 135 Å². The van der Waals surface area contributed by atoms with Gasteiger partial charge in [0.05, 0.1) is 24.9 Å². The molecule has 2 rings (SSSR count). The van der Waals surface area contributed by atoms with Crippen LogP contribution < -0.4 is 20.5 Å². The highest BCUT2D eigenvalue weighted by molar-refractivity contribution is 5.83. The van der Waals surface area contributed by atoms with Crippen LogP contribution >= 0.6 is 0 Å². The van der Waals surface area contributed by atoms with Gasteiger partial charge in [-0.2, -0.15) is 5.10 Å². The molecule has 0 aliphatic carbocycles. The fourth-order valence-electron chi connectivity index (χ4n) is 1.79. The van der Waals surface area contributed by atoms with Crippen LogP contribution in [0, 0.1) is 10.1 Å². The number of nitro groups is 1. The number of anilines is 1. The van der Waals surface area contributed by atoms with Gasteiger partial charge in [0.25, 0.3) is 5.56 Å². The fraction of sp³-hybridized carbons (Fsp3) is 0.231. The molecule has 1 aromatic heterocycles. The number of nitrogens with zero attached hydrogens (tertiary/aromatic N) is 4. The van der Waals surface area contributed by atoms with E-state index < -0.39 is 10.5 Å². The van der Waals surface area contributed by atoms with E-state index in [-0.39, 0.29) is 29.7 Å². The number of hydrogen-bond donors (Lipinski definition) is 2. The molecule has 0 saturated heterocycles. The zero-order chi connectivity index (χ0) is 17.5. The third-order valence-corrected chi connectivity index (χ3v) is 2.72. The Kier molecular flexibility index (Phi) is 5.39. The van der Waals surface area contributed by atoms with Crippen molar-refractivity contribution in [3.63, 3.8) is 0 Å². The Hall–Kier alpha value is -3.50. The van der Waals surface area contributed by atoms with Crippen LogP contribution in [0.2, 0.25) is 0 Å². The topological polar surface area (TPSA) is 145 Å². The summed E-state index contributed by atoms with van der Waals surface area (Å²) in [6, 6.07) is 2.82. The minimum Gasteiger partial charge on any atom is -0.493 e. The van der Waals surface area contributed by atoms with E-state index in [9.17, 15) is 14.9 Å². The molecule has 1 aromatic carbocycles. The predicted octanol–water partition coefficient (Wildman–Crippen LogP) is 0.926. The van der Waals surface area contributed by atoms with Crippen molar-refractivity contribution >= 4 is 17.9 Å². The summed E-state index contributed by atoms with van der Waals surface area (Å²) in [4.78, 5) is 24.1. The van der Waals surface area contributed by atoms with Crippen LogP contribution in [0.15, 0.2) is 28.2 Å². The smallest absolute Gasteiger partial charge is 0.315 e. The Morgan fingerprint density at radius 3 is 2.92 bits per heavy atom. The molecule has 126 valence electrons. The molecular formula is C13H14N6O5. The average molecular weight is 334 g/mol. The van der Waals surface area contributed by atoms with Gasteiger partial charge in [0.1, 0.15) is 6.20 Å². The summed E-state index contributed by atoms with van der Waals surface area (Å²) in [6.45, 7) is 1.97. The first-order valence-electron chi connectivity index (χ1n) is 6.75. The van der Waals surface area contributed by atoms with Gasteiger partial charge in [0.15, 0.2) is 5.75 Å². The Bertz CT molecular complexity index is 819. The van der Waals surface area contributed by atoms with Crippen molar-refractivity contribution in [2.75, 3.05) is 19.1 Å². The number of benzene rings is 1. The van der Waals surface area contributed by atoms with Crippen molar-refractivity contribution < 1.29 is 14.4 Å². The minimum absolute atomic E-state index is 0.0335. The van der Waals surface area contributed by atoms with Crippen LogP contribution in [-0.2, 0) is 0 Å². The number of aromatic nitrogens is 3. The zero-order valence-corrected chi connectivity index (χ0v) is 12.8. The molecule has 0 bridgehead atoms. The summed E-state index contributed by atoms with van der Waals surface area (Å²) < 4.78 is 10.4. The maximum absolute atomic E-state index is 11.2. The van der Waals surface area contributed by atoms with Crippen molar-refractivity contribution in [2.45, 2.75) is 6.92 Å².